The van der Waals surface area contributed by atoms with Crippen molar-refractivity contribution in [1.29, 1.82) is 0 Å². The topological polar surface area (TPSA) is 52.8 Å². The van der Waals surface area contributed by atoms with Gasteiger partial charge in [-0.15, -0.1) is 0 Å². The highest BCUT2D eigenvalue weighted by molar-refractivity contribution is 5.78. The van der Waals surface area contributed by atoms with E-state index in [2.05, 4.69) is 15.0 Å². The lowest BCUT2D eigenvalue weighted by Crippen LogP contribution is -2.49. The minimum atomic E-state index is 0.228. The molecule has 140 valence electrons. The number of hydrogen-bond acceptors (Lipinski definition) is 5. The maximum atomic E-state index is 12.2. The lowest BCUT2D eigenvalue weighted by atomic mass is 10.1. The van der Waals surface area contributed by atoms with Gasteiger partial charge in [0.2, 0.25) is 5.91 Å². The van der Waals surface area contributed by atoms with Crippen LogP contribution in [0.15, 0.2) is 40.9 Å². The molecule has 1 aliphatic rings. The van der Waals surface area contributed by atoms with Crippen LogP contribution in [0.25, 0.3) is 11.3 Å². The Balaban J connectivity index is 1.47. The van der Waals surface area contributed by atoms with Gasteiger partial charge in [0.1, 0.15) is 5.69 Å². The van der Waals surface area contributed by atoms with Crippen molar-refractivity contribution >= 4 is 5.91 Å². The van der Waals surface area contributed by atoms with Gasteiger partial charge in [0.25, 0.3) is 0 Å². The van der Waals surface area contributed by atoms with E-state index in [1.54, 1.807) is 0 Å². The minimum Gasteiger partial charge on any atom is -0.359 e. The molecule has 0 radical (unpaired) electrons. The van der Waals surface area contributed by atoms with Crippen molar-refractivity contribution in [2.45, 2.75) is 20.4 Å². The SMILES string of the molecule is CCN(CC)C(=O)CN1CCN(Cc2cc(-c3ccccc3)no2)CC1. The Morgan fingerprint density at radius 3 is 2.38 bits per heavy atom. The van der Waals surface area contributed by atoms with Crippen molar-refractivity contribution < 1.29 is 9.32 Å². The van der Waals surface area contributed by atoms with Crippen LogP contribution >= 0.6 is 0 Å². The van der Waals surface area contributed by atoms with Crippen LogP contribution in [0.4, 0.5) is 0 Å². The van der Waals surface area contributed by atoms with Crippen molar-refractivity contribution in [3.05, 3.63) is 42.2 Å². The number of aromatic nitrogens is 1. The standard InChI is InChI=1S/C20H28N4O2/c1-3-24(4-2)20(25)16-23-12-10-22(11-13-23)15-18-14-19(21-26-18)17-8-6-5-7-9-17/h5-9,14H,3-4,10-13,15-16H2,1-2H3. The Labute approximate surface area is 155 Å². The Bertz CT molecular complexity index is 689. The molecule has 6 nitrogen and oxygen atoms in total. The van der Waals surface area contributed by atoms with Gasteiger partial charge in [0, 0.05) is 50.9 Å². The summed E-state index contributed by atoms with van der Waals surface area (Å²) in [6.45, 7) is 10.6. The summed E-state index contributed by atoms with van der Waals surface area (Å²) >= 11 is 0. The summed E-state index contributed by atoms with van der Waals surface area (Å²) in [6, 6.07) is 12.1. The molecule has 0 saturated carbocycles. The predicted molar refractivity (Wildman–Crippen MR) is 102 cm³/mol. The van der Waals surface area contributed by atoms with Crippen LogP contribution < -0.4 is 0 Å². The van der Waals surface area contributed by atoms with E-state index in [4.69, 9.17) is 4.52 Å². The van der Waals surface area contributed by atoms with Gasteiger partial charge in [-0.1, -0.05) is 35.5 Å². The second-order valence-corrected chi connectivity index (χ2v) is 6.66. The largest absolute Gasteiger partial charge is 0.359 e. The third-order valence-corrected chi connectivity index (χ3v) is 4.95. The first-order valence-electron chi connectivity index (χ1n) is 9.43. The number of carbonyl (C=O) groups is 1. The molecule has 1 aliphatic heterocycles. The second-order valence-electron chi connectivity index (χ2n) is 6.66. The number of hydrogen-bond donors (Lipinski definition) is 0. The molecule has 2 heterocycles. The maximum Gasteiger partial charge on any atom is 0.236 e. The van der Waals surface area contributed by atoms with Crippen LogP contribution in [0, 0.1) is 0 Å². The summed E-state index contributed by atoms with van der Waals surface area (Å²) in [7, 11) is 0. The van der Waals surface area contributed by atoms with E-state index in [9.17, 15) is 4.79 Å². The maximum absolute atomic E-state index is 12.2. The third kappa shape index (κ3) is 4.71. The van der Waals surface area contributed by atoms with Crippen molar-refractivity contribution in [2.75, 3.05) is 45.8 Å². The van der Waals surface area contributed by atoms with E-state index in [1.165, 1.54) is 0 Å². The van der Waals surface area contributed by atoms with Gasteiger partial charge in [-0.05, 0) is 13.8 Å². The molecule has 1 aromatic carbocycles. The van der Waals surface area contributed by atoms with Crippen LogP contribution in [0.3, 0.4) is 0 Å². The van der Waals surface area contributed by atoms with Gasteiger partial charge >= 0.3 is 0 Å². The fraction of sp³-hybridized carbons (Fsp3) is 0.500. The normalized spacial score (nSPS) is 15.9. The van der Waals surface area contributed by atoms with Crippen LogP contribution in [0.2, 0.25) is 0 Å². The molecular weight excluding hydrogens is 328 g/mol. The van der Waals surface area contributed by atoms with E-state index in [0.29, 0.717) is 6.54 Å². The zero-order valence-electron chi connectivity index (χ0n) is 15.7. The second kappa shape index (κ2) is 8.96. The van der Waals surface area contributed by atoms with Crippen LogP contribution in [0.5, 0.6) is 0 Å². The number of amides is 1. The average Bonchev–Trinajstić information content (AvgIpc) is 3.14. The molecule has 1 fully saturated rings. The highest BCUT2D eigenvalue weighted by atomic mass is 16.5. The van der Waals surface area contributed by atoms with Gasteiger partial charge < -0.3 is 9.42 Å². The molecule has 1 amide bonds. The molecule has 3 rings (SSSR count). The molecule has 6 heteroatoms. The van der Waals surface area contributed by atoms with Gasteiger partial charge in [-0.2, -0.15) is 0 Å². The minimum absolute atomic E-state index is 0.228. The Morgan fingerprint density at radius 2 is 1.73 bits per heavy atom. The summed E-state index contributed by atoms with van der Waals surface area (Å²) in [4.78, 5) is 18.7. The Kier molecular flexibility index (Phi) is 6.41. The van der Waals surface area contributed by atoms with E-state index < -0.39 is 0 Å². The number of nitrogens with zero attached hydrogens (tertiary/aromatic N) is 4. The van der Waals surface area contributed by atoms with Crippen molar-refractivity contribution in [2.24, 2.45) is 0 Å². The number of benzene rings is 1. The number of piperazine rings is 1. The van der Waals surface area contributed by atoms with Crippen LogP contribution in [0.1, 0.15) is 19.6 Å². The van der Waals surface area contributed by atoms with Gasteiger partial charge in [0.05, 0.1) is 13.1 Å². The molecule has 0 atom stereocenters. The molecule has 1 aromatic heterocycles. The van der Waals surface area contributed by atoms with E-state index in [0.717, 1.165) is 62.8 Å². The monoisotopic (exact) mass is 356 g/mol. The van der Waals surface area contributed by atoms with Gasteiger partial charge in [-0.25, -0.2) is 0 Å². The lowest BCUT2D eigenvalue weighted by molar-refractivity contribution is -0.132. The number of likely N-dealkylation sites (N-methyl/N-ethyl adjacent to an activating group) is 1. The molecule has 26 heavy (non-hydrogen) atoms. The molecule has 0 N–H and O–H groups in total. The van der Waals surface area contributed by atoms with E-state index in [1.807, 2.05) is 55.1 Å². The highest BCUT2D eigenvalue weighted by Gasteiger charge is 2.21. The fourth-order valence-corrected chi connectivity index (χ4v) is 3.33. The molecule has 2 aromatic rings. The number of rotatable bonds is 7. The summed E-state index contributed by atoms with van der Waals surface area (Å²) in [5.41, 5.74) is 1.95. The fourth-order valence-electron chi connectivity index (χ4n) is 3.33. The first kappa shape index (κ1) is 18.6. The first-order chi connectivity index (χ1) is 12.7. The molecule has 0 aliphatic carbocycles. The van der Waals surface area contributed by atoms with Gasteiger partial charge in [-0.3, -0.25) is 14.6 Å². The first-order valence-corrected chi connectivity index (χ1v) is 9.43. The summed E-state index contributed by atoms with van der Waals surface area (Å²) in [5.74, 6) is 1.11. The van der Waals surface area contributed by atoms with Crippen LogP contribution in [-0.4, -0.2) is 71.6 Å². The molecule has 1 saturated heterocycles. The predicted octanol–water partition coefficient (Wildman–Crippen LogP) is 2.33. The van der Waals surface area contributed by atoms with Crippen molar-refractivity contribution in [1.82, 2.24) is 19.9 Å². The van der Waals surface area contributed by atoms with Crippen LogP contribution in [-0.2, 0) is 11.3 Å². The third-order valence-electron chi connectivity index (χ3n) is 4.95. The number of carbonyl (C=O) groups excluding carboxylic acids is 1. The lowest BCUT2D eigenvalue weighted by Gasteiger charge is -2.34. The molecule has 0 bridgehead atoms. The summed E-state index contributed by atoms with van der Waals surface area (Å²) in [6.07, 6.45) is 0. The average molecular weight is 356 g/mol. The molecule has 0 unspecified atom stereocenters. The van der Waals surface area contributed by atoms with Gasteiger partial charge in [0.15, 0.2) is 5.76 Å². The quantitative estimate of drug-likeness (QED) is 0.762. The Morgan fingerprint density at radius 1 is 1.08 bits per heavy atom. The zero-order valence-corrected chi connectivity index (χ0v) is 15.7. The summed E-state index contributed by atoms with van der Waals surface area (Å²) in [5, 5.41) is 4.18. The molecule has 0 spiro atoms. The summed E-state index contributed by atoms with van der Waals surface area (Å²) < 4.78 is 5.51. The zero-order chi connectivity index (χ0) is 18.4. The molecular formula is C20H28N4O2. The van der Waals surface area contributed by atoms with E-state index >= 15 is 0 Å². The van der Waals surface area contributed by atoms with Crippen molar-refractivity contribution in [3.63, 3.8) is 0 Å². The Hall–Kier alpha value is -2.18. The highest BCUT2D eigenvalue weighted by Crippen LogP contribution is 2.19. The van der Waals surface area contributed by atoms with E-state index in [-0.39, 0.29) is 5.91 Å². The van der Waals surface area contributed by atoms with Crippen molar-refractivity contribution in [3.8, 4) is 11.3 Å². The smallest absolute Gasteiger partial charge is 0.236 e.